The maximum atomic E-state index is 12.5. The van der Waals surface area contributed by atoms with Crippen molar-refractivity contribution in [2.75, 3.05) is 10.6 Å². The van der Waals surface area contributed by atoms with Crippen molar-refractivity contribution < 1.29 is 4.79 Å². The normalized spacial score (nSPS) is 21.8. The molecule has 2 aromatic carbocycles. The van der Waals surface area contributed by atoms with E-state index in [-0.39, 0.29) is 11.9 Å². The van der Waals surface area contributed by atoms with Gasteiger partial charge in [0.1, 0.15) is 0 Å². The molecule has 2 heterocycles. The van der Waals surface area contributed by atoms with Crippen LogP contribution in [0.3, 0.4) is 0 Å². The van der Waals surface area contributed by atoms with Gasteiger partial charge in [0.2, 0.25) is 5.96 Å². The van der Waals surface area contributed by atoms with E-state index in [0.717, 1.165) is 5.69 Å². The zero-order chi connectivity index (χ0) is 15.9. The quantitative estimate of drug-likeness (QED) is 0.635. The van der Waals surface area contributed by atoms with Crippen molar-refractivity contribution >= 4 is 29.2 Å². The van der Waals surface area contributed by atoms with Gasteiger partial charge in [-0.1, -0.05) is 36.4 Å². The molecule has 0 saturated heterocycles. The van der Waals surface area contributed by atoms with E-state index in [2.05, 4.69) is 25.9 Å². The largest absolute Gasteiger partial charge is 0.370 e. The minimum absolute atomic E-state index is 0.130. The molecule has 0 aromatic heterocycles. The van der Waals surface area contributed by atoms with Crippen molar-refractivity contribution in [2.45, 2.75) is 5.66 Å². The lowest BCUT2D eigenvalue weighted by molar-refractivity contribution is -0.120. The van der Waals surface area contributed by atoms with Crippen molar-refractivity contribution in [3.63, 3.8) is 0 Å². The monoisotopic (exact) mass is 306 g/mol. The average molecular weight is 306 g/mol. The van der Waals surface area contributed by atoms with Crippen molar-refractivity contribution in [2.24, 2.45) is 15.7 Å². The van der Waals surface area contributed by atoms with Crippen LogP contribution in [-0.2, 0) is 10.5 Å². The first-order valence-corrected chi connectivity index (χ1v) is 7.13. The van der Waals surface area contributed by atoms with Gasteiger partial charge in [0, 0.05) is 16.9 Å². The summed E-state index contributed by atoms with van der Waals surface area (Å²) in [5.41, 5.74) is 6.71. The van der Waals surface area contributed by atoms with Crippen molar-refractivity contribution in [3.8, 4) is 0 Å². The highest BCUT2D eigenvalue weighted by atomic mass is 16.2. The molecule has 1 spiro atoms. The van der Waals surface area contributed by atoms with Gasteiger partial charge in [-0.05, 0) is 18.2 Å². The third-order valence-electron chi connectivity index (χ3n) is 3.71. The summed E-state index contributed by atoms with van der Waals surface area (Å²) in [6, 6.07) is 16.8. The highest BCUT2D eigenvalue weighted by molar-refractivity contribution is 6.13. The molecule has 5 N–H and O–H groups in total. The summed E-state index contributed by atoms with van der Waals surface area (Å²) < 4.78 is 0. The first-order valence-electron chi connectivity index (χ1n) is 7.13. The predicted octanol–water partition coefficient (Wildman–Crippen LogP) is 1.18. The Kier molecular flexibility index (Phi) is 2.80. The standard InChI is InChI=1S/C16H14N6O/c17-14-20-15(18-10-6-2-1-3-7-10)22-16(21-14)11-8-4-5-9-12(11)19-13(16)23/h1-9H,(H,19,23)(H4,17,18,20,21,22)/t16-/m1/s1. The molecular formula is C16H14N6O. The molecule has 0 unspecified atom stereocenters. The molecule has 2 aromatic rings. The highest BCUT2D eigenvalue weighted by Crippen LogP contribution is 2.40. The second-order valence-electron chi connectivity index (χ2n) is 5.25. The second-order valence-corrected chi connectivity index (χ2v) is 5.25. The van der Waals surface area contributed by atoms with Gasteiger partial charge in [-0.15, -0.1) is 0 Å². The van der Waals surface area contributed by atoms with Crippen molar-refractivity contribution in [1.29, 1.82) is 0 Å². The first-order chi connectivity index (χ1) is 11.2. The number of hydrogen-bond acceptors (Lipinski definition) is 6. The fourth-order valence-electron chi connectivity index (χ4n) is 2.71. The summed E-state index contributed by atoms with van der Waals surface area (Å²) in [6.07, 6.45) is 0. The number of nitrogens with one attached hydrogen (secondary N) is 3. The van der Waals surface area contributed by atoms with Crippen LogP contribution in [0.2, 0.25) is 0 Å². The summed E-state index contributed by atoms with van der Waals surface area (Å²) in [7, 11) is 0. The van der Waals surface area contributed by atoms with Crippen LogP contribution in [0.25, 0.3) is 0 Å². The third-order valence-corrected chi connectivity index (χ3v) is 3.71. The van der Waals surface area contributed by atoms with Gasteiger partial charge in [-0.25, -0.2) is 9.98 Å². The first kappa shape index (κ1) is 13.3. The molecule has 0 aliphatic carbocycles. The Labute approximate surface area is 132 Å². The van der Waals surface area contributed by atoms with E-state index < -0.39 is 5.66 Å². The van der Waals surface area contributed by atoms with E-state index in [1.807, 2.05) is 54.6 Å². The molecule has 7 heteroatoms. The molecule has 2 aliphatic heterocycles. The van der Waals surface area contributed by atoms with Gasteiger partial charge in [0.25, 0.3) is 11.6 Å². The Balaban J connectivity index is 1.79. The van der Waals surface area contributed by atoms with E-state index >= 15 is 0 Å². The maximum absolute atomic E-state index is 12.5. The molecule has 114 valence electrons. The van der Waals surface area contributed by atoms with Crippen molar-refractivity contribution in [1.82, 2.24) is 5.32 Å². The number of amides is 1. The van der Waals surface area contributed by atoms with Gasteiger partial charge < -0.3 is 16.4 Å². The number of benzene rings is 2. The average Bonchev–Trinajstić information content (AvgIpc) is 2.80. The molecule has 0 radical (unpaired) electrons. The van der Waals surface area contributed by atoms with Gasteiger partial charge in [0.15, 0.2) is 5.96 Å². The van der Waals surface area contributed by atoms with Gasteiger partial charge in [-0.3, -0.25) is 10.1 Å². The minimum Gasteiger partial charge on any atom is -0.370 e. The zero-order valence-electron chi connectivity index (χ0n) is 12.1. The summed E-state index contributed by atoms with van der Waals surface area (Å²) in [5.74, 6) is 0.177. The number of nitrogens with two attached hydrogens (primary N) is 1. The van der Waals surface area contributed by atoms with Crippen LogP contribution in [0, 0.1) is 0 Å². The molecule has 0 saturated carbocycles. The number of fused-ring (bicyclic) bond motifs is 2. The van der Waals surface area contributed by atoms with Gasteiger partial charge >= 0.3 is 0 Å². The molecule has 7 nitrogen and oxygen atoms in total. The van der Waals surface area contributed by atoms with E-state index in [0.29, 0.717) is 17.2 Å². The SMILES string of the molecule is NC1=N[C@]2(N=C(Nc3ccccc3)N1)C(=O)Nc1ccccc12. The number of anilines is 2. The van der Waals surface area contributed by atoms with Crippen LogP contribution in [-0.4, -0.2) is 17.8 Å². The number of guanidine groups is 2. The molecule has 0 fully saturated rings. The van der Waals surface area contributed by atoms with Crippen LogP contribution in [0.5, 0.6) is 0 Å². The Morgan fingerprint density at radius 2 is 1.70 bits per heavy atom. The number of nitrogens with zero attached hydrogens (tertiary/aromatic N) is 2. The van der Waals surface area contributed by atoms with Gasteiger partial charge in [0.05, 0.1) is 0 Å². The fourth-order valence-corrected chi connectivity index (χ4v) is 2.71. The maximum Gasteiger partial charge on any atom is 0.280 e. The van der Waals surface area contributed by atoms with Crippen LogP contribution < -0.4 is 21.7 Å². The van der Waals surface area contributed by atoms with Gasteiger partial charge in [-0.2, -0.15) is 0 Å². The Morgan fingerprint density at radius 1 is 0.957 bits per heavy atom. The Bertz CT molecular complexity index is 845. The Hall–Kier alpha value is -3.35. The highest BCUT2D eigenvalue weighted by Gasteiger charge is 2.49. The van der Waals surface area contributed by atoms with E-state index in [4.69, 9.17) is 5.73 Å². The molecule has 4 rings (SSSR count). The van der Waals surface area contributed by atoms with Crippen LogP contribution in [0.15, 0.2) is 64.6 Å². The number of para-hydroxylation sites is 2. The van der Waals surface area contributed by atoms with E-state index in [1.54, 1.807) is 0 Å². The summed E-state index contributed by atoms with van der Waals surface area (Å²) in [6.45, 7) is 0. The summed E-state index contributed by atoms with van der Waals surface area (Å²) >= 11 is 0. The number of aliphatic imine (C=N–C) groups is 2. The number of hydrogen-bond donors (Lipinski definition) is 4. The molecule has 1 amide bonds. The second kappa shape index (κ2) is 4.84. The third kappa shape index (κ3) is 2.10. The summed E-state index contributed by atoms with van der Waals surface area (Å²) in [4.78, 5) is 21.3. The molecular weight excluding hydrogens is 292 g/mol. The van der Waals surface area contributed by atoms with Crippen molar-refractivity contribution in [3.05, 3.63) is 60.2 Å². The smallest absolute Gasteiger partial charge is 0.280 e. The minimum atomic E-state index is -1.39. The topological polar surface area (TPSA) is 104 Å². The summed E-state index contributed by atoms with van der Waals surface area (Å²) in [5, 5.41) is 8.76. The molecule has 0 bridgehead atoms. The predicted molar refractivity (Wildman–Crippen MR) is 89.0 cm³/mol. The lowest BCUT2D eigenvalue weighted by Gasteiger charge is -2.26. The molecule has 1 atom stereocenters. The van der Waals surface area contributed by atoms with E-state index in [1.165, 1.54) is 0 Å². The number of rotatable bonds is 1. The molecule has 23 heavy (non-hydrogen) atoms. The lowest BCUT2D eigenvalue weighted by Crippen LogP contribution is -2.49. The lowest BCUT2D eigenvalue weighted by atomic mass is 10.0. The van der Waals surface area contributed by atoms with Crippen LogP contribution in [0.4, 0.5) is 11.4 Å². The zero-order valence-corrected chi connectivity index (χ0v) is 12.1. The van der Waals surface area contributed by atoms with Crippen LogP contribution >= 0.6 is 0 Å². The number of carbonyl (C=O) groups is 1. The van der Waals surface area contributed by atoms with Crippen LogP contribution in [0.1, 0.15) is 5.56 Å². The van der Waals surface area contributed by atoms with E-state index in [9.17, 15) is 4.79 Å². The Morgan fingerprint density at radius 3 is 2.52 bits per heavy atom. The number of carbonyl (C=O) groups excluding carboxylic acids is 1. The molecule has 2 aliphatic rings. The fraction of sp³-hybridized carbons (Fsp3) is 0.0625.